The molecule has 0 radical (unpaired) electrons. The standard InChI is InChI=1S/C17H17N3O/c1-12-3-5-13(6-4-12)10-18-17(21)14-7-8-15-11-19-20(2)16(15)9-14/h3-9,11H,10H2,1-2H3,(H,18,21). The van der Waals surface area contributed by atoms with Crippen LogP contribution in [0.15, 0.2) is 48.7 Å². The van der Waals surface area contributed by atoms with Crippen LogP contribution < -0.4 is 5.32 Å². The van der Waals surface area contributed by atoms with Gasteiger partial charge in [0, 0.05) is 24.5 Å². The van der Waals surface area contributed by atoms with E-state index in [0.717, 1.165) is 16.5 Å². The topological polar surface area (TPSA) is 46.9 Å². The molecular formula is C17H17N3O. The van der Waals surface area contributed by atoms with Crippen molar-refractivity contribution >= 4 is 16.8 Å². The lowest BCUT2D eigenvalue weighted by atomic mass is 10.1. The van der Waals surface area contributed by atoms with Gasteiger partial charge < -0.3 is 5.32 Å². The van der Waals surface area contributed by atoms with Crippen LogP contribution in [0, 0.1) is 6.92 Å². The number of nitrogens with zero attached hydrogens (tertiary/aromatic N) is 2. The van der Waals surface area contributed by atoms with Gasteiger partial charge in [0.15, 0.2) is 0 Å². The van der Waals surface area contributed by atoms with Crippen molar-refractivity contribution in [1.82, 2.24) is 15.1 Å². The predicted molar refractivity (Wildman–Crippen MR) is 83.1 cm³/mol. The average Bonchev–Trinajstić information content (AvgIpc) is 2.87. The highest BCUT2D eigenvalue weighted by molar-refractivity contribution is 5.97. The molecule has 0 saturated carbocycles. The Morgan fingerprint density at radius 1 is 1.19 bits per heavy atom. The molecule has 1 aromatic heterocycles. The van der Waals surface area contributed by atoms with Crippen molar-refractivity contribution in [2.45, 2.75) is 13.5 Å². The lowest BCUT2D eigenvalue weighted by Crippen LogP contribution is -2.22. The number of benzene rings is 2. The molecule has 0 atom stereocenters. The average molecular weight is 279 g/mol. The lowest BCUT2D eigenvalue weighted by molar-refractivity contribution is 0.0951. The van der Waals surface area contributed by atoms with Crippen molar-refractivity contribution in [2.75, 3.05) is 0 Å². The maximum absolute atomic E-state index is 12.2. The number of hydrogen-bond donors (Lipinski definition) is 1. The molecule has 0 saturated heterocycles. The Kier molecular flexibility index (Phi) is 3.44. The van der Waals surface area contributed by atoms with Crippen molar-refractivity contribution in [3.05, 3.63) is 65.4 Å². The normalized spacial score (nSPS) is 10.8. The number of nitrogens with one attached hydrogen (secondary N) is 1. The van der Waals surface area contributed by atoms with E-state index in [1.807, 2.05) is 56.4 Å². The van der Waals surface area contributed by atoms with Crippen LogP contribution >= 0.6 is 0 Å². The van der Waals surface area contributed by atoms with E-state index in [-0.39, 0.29) is 5.91 Å². The smallest absolute Gasteiger partial charge is 0.251 e. The Hall–Kier alpha value is -2.62. The minimum absolute atomic E-state index is 0.0707. The van der Waals surface area contributed by atoms with E-state index in [4.69, 9.17) is 0 Å². The lowest BCUT2D eigenvalue weighted by Gasteiger charge is -2.06. The summed E-state index contributed by atoms with van der Waals surface area (Å²) in [5.41, 5.74) is 3.92. The van der Waals surface area contributed by atoms with Crippen molar-refractivity contribution in [3.63, 3.8) is 0 Å². The molecule has 0 aliphatic heterocycles. The van der Waals surface area contributed by atoms with E-state index < -0.39 is 0 Å². The van der Waals surface area contributed by atoms with Gasteiger partial charge in [-0.25, -0.2) is 0 Å². The fourth-order valence-electron chi connectivity index (χ4n) is 2.28. The largest absolute Gasteiger partial charge is 0.348 e. The fourth-order valence-corrected chi connectivity index (χ4v) is 2.28. The Balaban J connectivity index is 1.74. The van der Waals surface area contributed by atoms with E-state index in [0.29, 0.717) is 12.1 Å². The Morgan fingerprint density at radius 2 is 1.95 bits per heavy atom. The highest BCUT2D eigenvalue weighted by Crippen LogP contribution is 2.15. The number of aromatic nitrogens is 2. The number of carbonyl (C=O) groups is 1. The number of fused-ring (bicyclic) bond motifs is 1. The summed E-state index contributed by atoms with van der Waals surface area (Å²) in [5, 5.41) is 8.16. The third-order valence-electron chi connectivity index (χ3n) is 3.58. The molecule has 0 aliphatic carbocycles. The number of hydrogen-bond acceptors (Lipinski definition) is 2. The van der Waals surface area contributed by atoms with Gasteiger partial charge in [0.2, 0.25) is 0 Å². The summed E-state index contributed by atoms with van der Waals surface area (Å²) in [5.74, 6) is -0.0707. The summed E-state index contributed by atoms with van der Waals surface area (Å²) >= 11 is 0. The quantitative estimate of drug-likeness (QED) is 0.801. The Labute approximate surface area is 123 Å². The summed E-state index contributed by atoms with van der Waals surface area (Å²) in [4.78, 5) is 12.2. The maximum Gasteiger partial charge on any atom is 0.251 e. The van der Waals surface area contributed by atoms with E-state index in [9.17, 15) is 4.79 Å². The van der Waals surface area contributed by atoms with E-state index in [1.54, 1.807) is 10.9 Å². The first-order valence-electron chi connectivity index (χ1n) is 6.89. The molecule has 0 spiro atoms. The molecule has 1 heterocycles. The molecule has 0 aliphatic rings. The van der Waals surface area contributed by atoms with Crippen LogP contribution in [-0.4, -0.2) is 15.7 Å². The number of carbonyl (C=O) groups excluding carboxylic acids is 1. The minimum atomic E-state index is -0.0707. The van der Waals surface area contributed by atoms with Crippen LogP contribution in [0.1, 0.15) is 21.5 Å². The first kappa shape index (κ1) is 13.4. The fraction of sp³-hybridized carbons (Fsp3) is 0.176. The third-order valence-corrected chi connectivity index (χ3v) is 3.58. The van der Waals surface area contributed by atoms with Gasteiger partial charge in [0.1, 0.15) is 0 Å². The van der Waals surface area contributed by atoms with Crippen LogP contribution in [0.3, 0.4) is 0 Å². The summed E-state index contributed by atoms with van der Waals surface area (Å²) < 4.78 is 1.77. The second-order valence-electron chi connectivity index (χ2n) is 5.21. The van der Waals surface area contributed by atoms with Crippen molar-refractivity contribution in [2.24, 2.45) is 7.05 Å². The molecular weight excluding hydrogens is 262 g/mol. The molecule has 1 N–H and O–H groups in total. The Morgan fingerprint density at radius 3 is 2.71 bits per heavy atom. The summed E-state index contributed by atoms with van der Waals surface area (Å²) in [6.45, 7) is 2.58. The van der Waals surface area contributed by atoms with Crippen LogP contribution in [-0.2, 0) is 13.6 Å². The van der Waals surface area contributed by atoms with Gasteiger partial charge >= 0.3 is 0 Å². The van der Waals surface area contributed by atoms with Crippen molar-refractivity contribution in [1.29, 1.82) is 0 Å². The van der Waals surface area contributed by atoms with Gasteiger partial charge in [0.05, 0.1) is 11.7 Å². The van der Waals surface area contributed by atoms with Crippen LogP contribution in [0.4, 0.5) is 0 Å². The number of aryl methyl sites for hydroxylation is 2. The summed E-state index contributed by atoms with van der Waals surface area (Å²) in [6, 6.07) is 13.8. The van der Waals surface area contributed by atoms with Crippen molar-refractivity contribution in [3.8, 4) is 0 Å². The molecule has 106 valence electrons. The summed E-state index contributed by atoms with van der Waals surface area (Å²) in [7, 11) is 1.87. The molecule has 21 heavy (non-hydrogen) atoms. The molecule has 0 unspecified atom stereocenters. The Bertz CT molecular complexity index is 787. The van der Waals surface area contributed by atoms with Crippen molar-refractivity contribution < 1.29 is 4.79 Å². The van der Waals surface area contributed by atoms with E-state index in [1.165, 1.54) is 5.56 Å². The molecule has 0 fully saturated rings. The highest BCUT2D eigenvalue weighted by Gasteiger charge is 2.08. The highest BCUT2D eigenvalue weighted by atomic mass is 16.1. The molecule has 0 bridgehead atoms. The molecule has 3 aromatic rings. The van der Waals surface area contributed by atoms with Gasteiger partial charge in [-0.2, -0.15) is 5.10 Å². The van der Waals surface area contributed by atoms with Crippen LogP contribution in [0.2, 0.25) is 0 Å². The van der Waals surface area contributed by atoms with Gasteiger partial charge in [-0.05, 0) is 24.6 Å². The van der Waals surface area contributed by atoms with E-state index >= 15 is 0 Å². The zero-order chi connectivity index (χ0) is 14.8. The van der Waals surface area contributed by atoms with Gasteiger partial charge in [0.25, 0.3) is 5.91 Å². The number of amides is 1. The van der Waals surface area contributed by atoms with E-state index in [2.05, 4.69) is 10.4 Å². The van der Waals surface area contributed by atoms with Gasteiger partial charge in [-0.3, -0.25) is 9.48 Å². The second kappa shape index (κ2) is 5.40. The molecule has 3 rings (SSSR count). The first-order valence-corrected chi connectivity index (χ1v) is 6.89. The first-order chi connectivity index (χ1) is 10.1. The minimum Gasteiger partial charge on any atom is -0.348 e. The molecule has 1 amide bonds. The van der Waals surface area contributed by atoms with Gasteiger partial charge in [-0.15, -0.1) is 0 Å². The predicted octanol–water partition coefficient (Wildman–Crippen LogP) is 2.81. The zero-order valence-electron chi connectivity index (χ0n) is 12.1. The molecule has 4 heteroatoms. The number of rotatable bonds is 3. The zero-order valence-corrected chi connectivity index (χ0v) is 12.1. The molecule has 2 aromatic carbocycles. The molecule has 4 nitrogen and oxygen atoms in total. The third kappa shape index (κ3) is 2.79. The van der Waals surface area contributed by atoms with Gasteiger partial charge in [-0.1, -0.05) is 35.9 Å². The summed E-state index contributed by atoms with van der Waals surface area (Å²) in [6.07, 6.45) is 1.79. The monoisotopic (exact) mass is 279 g/mol. The van der Waals surface area contributed by atoms with Crippen LogP contribution in [0.25, 0.3) is 10.9 Å². The SMILES string of the molecule is Cc1ccc(CNC(=O)c2ccc3cnn(C)c3c2)cc1. The maximum atomic E-state index is 12.2. The van der Waals surface area contributed by atoms with Crippen LogP contribution in [0.5, 0.6) is 0 Å². The second-order valence-corrected chi connectivity index (χ2v) is 5.21.